The Bertz CT molecular complexity index is 563. The Kier molecular flexibility index (Phi) is 4.28. The van der Waals surface area contributed by atoms with E-state index in [1.165, 1.54) is 6.33 Å². The van der Waals surface area contributed by atoms with E-state index in [0.29, 0.717) is 18.3 Å². The summed E-state index contributed by atoms with van der Waals surface area (Å²) in [5.74, 6) is 1.10. The average Bonchev–Trinajstić information content (AvgIpc) is 2.42. The number of carbonyl (C=O) groups excluding carboxylic acids is 1. The van der Waals surface area contributed by atoms with Crippen LogP contribution in [0.15, 0.2) is 30.6 Å². The van der Waals surface area contributed by atoms with Crippen LogP contribution in [0.3, 0.4) is 0 Å². The number of anilines is 1. The van der Waals surface area contributed by atoms with E-state index in [4.69, 9.17) is 0 Å². The van der Waals surface area contributed by atoms with Gasteiger partial charge in [0.1, 0.15) is 12.1 Å². The quantitative estimate of drug-likeness (QED) is 0.858. The predicted molar refractivity (Wildman–Crippen MR) is 75.9 cm³/mol. The average molecular weight is 258 g/mol. The maximum atomic E-state index is 11.6. The number of para-hydroxylation sites is 1. The van der Waals surface area contributed by atoms with Crippen LogP contribution < -0.4 is 10.6 Å². The van der Waals surface area contributed by atoms with Crippen molar-refractivity contribution in [1.82, 2.24) is 15.3 Å². The highest BCUT2D eigenvalue weighted by atomic mass is 16.1. The Labute approximate surface area is 112 Å². The molecule has 2 N–H and O–H groups in total. The van der Waals surface area contributed by atoms with Crippen molar-refractivity contribution < 1.29 is 4.79 Å². The largest absolute Gasteiger partial charge is 0.360 e. The zero-order valence-electron chi connectivity index (χ0n) is 11.2. The summed E-state index contributed by atoms with van der Waals surface area (Å²) in [4.78, 5) is 20.0. The molecule has 2 aromatic rings. The second-order valence-corrected chi connectivity index (χ2v) is 4.79. The van der Waals surface area contributed by atoms with E-state index in [9.17, 15) is 4.79 Å². The van der Waals surface area contributed by atoms with Gasteiger partial charge in [-0.3, -0.25) is 4.79 Å². The molecule has 0 aliphatic rings. The van der Waals surface area contributed by atoms with Crippen molar-refractivity contribution in [2.24, 2.45) is 5.92 Å². The molecule has 0 atom stereocenters. The number of aromatic nitrogens is 2. The number of nitrogens with zero attached hydrogens (tertiary/aromatic N) is 2. The van der Waals surface area contributed by atoms with E-state index in [1.807, 2.05) is 24.3 Å². The third-order valence-corrected chi connectivity index (χ3v) is 2.67. The van der Waals surface area contributed by atoms with Gasteiger partial charge in [-0.1, -0.05) is 26.0 Å². The fourth-order valence-corrected chi connectivity index (χ4v) is 1.69. The lowest BCUT2D eigenvalue weighted by atomic mass is 10.2. The number of hydrogen-bond donors (Lipinski definition) is 2. The maximum absolute atomic E-state index is 11.6. The van der Waals surface area contributed by atoms with E-state index in [0.717, 1.165) is 10.9 Å². The summed E-state index contributed by atoms with van der Waals surface area (Å²) in [5, 5.41) is 6.82. The molecule has 0 aliphatic heterocycles. The normalized spacial score (nSPS) is 10.7. The Morgan fingerprint density at radius 2 is 2.05 bits per heavy atom. The van der Waals surface area contributed by atoms with Gasteiger partial charge in [-0.05, 0) is 18.1 Å². The number of nitrogens with one attached hydrogen (secondary N) is 2. The fourth-order valence-electron chi connectivity index (χ4n) is 1.69. The van der Waals surface area contributed by atoms with Crippen LogP contribution in [0, 0.1) is 5.92 Å². The van der Waals surface area contributed by atoms with Gasteiger partial charge in [-0.15, -0.1) is 0 Å². The first kappa shape index (κ1) is 13.3. The van der Waals surface area contributed by atoms with Crippen molar-refractivity contribution >= 4 is 22.6 Å². The molecule has 0 aliphatic carbocycles. The SMILES string of the molecule is CC(C)CNC(=O)CNc1ncnc2ccccc12. The van der Waals surface area contributed by atoms with Gasteiger partial charge in [0.05, 0.1) is 12.1 Å². The number of fused-ring (bicyclic) bond motifs is 1. The van der Waals surface area contributed by atoms with Crippen LogP contribution in [0.5, 0.6) is 0 Å². The second kappa shape index (κ2) is 6.13. The van der Waals surface area contributed by atoms with Crippen LogP contribution in [0.1, 0.15) is 13.8 Å². The van der Waals surface area contributed by atoms with Gasteiger partial charge in [-0.25, -0.2) is 9.97 Å². The second-order valence-electron chi connectivity index (χ2n) is 4.79. The van der Waals surface area contributed by atoms with Gasteiger partial charge in [0, 0.05) is 11.9 Å². The van der Waals surface area contributed by atoms with Crippen LogP contribution in [0.4, 0.5) is 5.82 Å². The minimum atomic E-state index is -0.0311. The summed E-state index contributed by atoms with van der Waals surface area (Å²) in [6, 6.07) is 7.70. The van der Waals surface area contributed by atoms with Crippen molar-refractivity contribution in [3.63, 3.8) is 0 Å². The predicted octanol–water partition coefficient (Wildman–Crippen LogP) is 1.81. The van der Waals surface area contributed by atoms with Crippen LogP contribution in [0.2, 0.25) is 0 Å². The first-order valence-electron chi connectivity index (χ1n) is 6.37. The van der Waals surface area contributed by atoms with Crippen LogP contribution in [-0.4, -0.2) is 29.0 Å². The highest BCUT2D eigenvalue weighted by Gasteiger charge is 2.05. The topological polar surface area (TPSA) is 66.9 Å². The third-order valence-electron chi connectivity index (χ3n) is 2.67. The number of benzene rings is 1. The Morgan fingerprint density at radius 1 is 1.26 bits per heavy atom. The molecule has 100 valence electrons. The molecule has 5 heteroatoms. The summed E-state index contributed by atoms with van der Waals surface area (Å²) in [6.45, 7) is 5.02. The minimum Gasteiger partial charge on any atom is -0.360 e. The van der Waals surface area contributed by atoms with Crippen LogP contribution >= 0.6 is 0 Å². The lowest BCUT2D eigenvalue weighted by molar-refractivity contribution is -0.119. The van der Waals surface area contributed by atoms with Gasteiger partial charge in [0.2, 0.25) is 5.91 Å². The highest BCUT2D eigenvalue weighted by molar-refractivity contribution is 5.90. The van der Waals surface area contributed by atoms with Gasteiger partial charge < -0.3 is 10.6 Å². The lowest BCUT2D eigenvalue weighted by Crippen LogP contribution is -2.32. The zero-order valence-corrected chi connectivity index (χ0v) is 11.2. The maximum Gasteiger partial charge on any atom is 0.239 e. The monoisotopic (exact) mass is 258 g/mol. The first-order chi connectivity index (χ1) is 9.16. The number of rotatable bonds is 5. The number of carbonyl (C=O) groups is 1. The van der Waals surface area contributed by atoms with Crippen LogP contribution in [-0.2, 0) is 4.79 Å². The summed E-state index contributed by atoms with van der Waals surface area (Å²) in [7, 11) is 0. The summed E-state index contributed by atoms with van der Waals surface area (Å²) >= 11 is 0. The van der Waals surface area contributed by atoms with Gasteiger partial charge in [-0.2, -0.15) is 0 Å². The summed E-state index contributed by atoms with van der Waals surface area (Å²) in [5.41, 5.74) is 0.864. The van der Waals surface area contributed by atoms with E-state index in [-0.39, 0.29) is 12.5 Å². The molecule has 0 fully saturated rings. The van der Waals surface area contributed by atoms with E-state index in [2.05, 4.69) is 34.4 Å². The molecule has 0 bridgehead atoms. The fraction of sp³-hybridized carbons (Fsp3) is 0.357. The lowest BCUT2D eigenvalue weighted by Gasteiger charge is -2.10. The molecule has 1 heterocycles. The van der Waals surface area contributed by atoms with Crippen molar-refractivity contribution in [2.45, 2.75) is 13.8 Å². The molecule has 1 aromatic heterocycles. The molecule has 0 saturated heterocycles. The number of hydrogen-bond acceptors (Lipinski definition) is 4. The van der Waals surface area contributed by atoms with Crippen LogP contribution in [0.25, 0.3) is 10.9 Å². The Balaban J connectivity index is 2.00. The molecule has 0 saturated carbocycles. The zero-order chi connectivity index (χ0) is 13.7. The molecule has 0 radical (unpaired) electrons. The number of amides is 1. The molecular formula is C14H18N4O. The first-order valence-corrected chi connectivity index (χ1v) is 6.37. The Hall–Kier alpha value is -2.17. The molecule has 0 unspecified atom stereocenters. The van der Waals surface area contributed by atoms with E-state index < -0.39 is 0 Å². The minimum absolute atomic E-state index is 0.0311. The Morgan fingerprint density at radius 3 is 2.84 bits per heavy atom. The molecule has 2 rings (SSSR count). The highest BCUT2D eigenvalue weighted by Crippen LogP contribution is 2.17. The molecule has 1 aromatic carbocycles. The van der Waals surface area contributed by atoms with Crippen molar-refractivity contribution in [3.05, 3.63) is 30.6 Å². The summed E-state index contributed by atoms with van der Waals surface area (Å²) in [6.07, 6.45) is 1.50. The molecular weight excluding hydrogens is 240 g/mol. The van der Waals surface area contributed by atoms with E-state index in [1.54, 1.807) is 0 Å². The third kappa shape index (κ3) is 3.64. The molecule has 19 heavy (non-hydrogen) atoms. The molecule has 0 spiro atoms. The smallest absolute Gasteiger partial charge is 0.239 e. The van der Waals surface area contributed by atoms with Gasteiger partial charge in [0.15, 0.2) is 0 Å². The van der Waals surface area contributed by atoms with Crippen molar-refractivity contribution in [3.8, 4) is 0 Å². The summed E-state index contributed by atoms with van der Waals surface area (Å²) < 4.78 is 0. The van der Waals surface area contributed by atoms with E-state index >= 15 is 0 Å². The van der Waals surface area contributed by atoms with Gasteiger partial charge in [0.25, 0.3) is 0 Å². The molecule has 1 amide bonds. The van der Waals surface area contributed by atoms with Crippen molar-refractivity contribution in [1.29, 1.82) is 0 Å². The standard InChI is InChI=1S/C14H18N4O/c1-10(2)7-15-13(19)8-16-14-11-5-3-4-6-12(11)17-9-18-14/h3-6,9-10H,7-8H2,1-2H3,(H,15,19)(H,16,17,18). The van der Waals surface area contributed by atoms with Gasteiger partial charge >= 0.3 is 0 Å². The van der Waals surface area contributed by atoms with Crippen molar-refractivity contribution in [2.75, 3.05) is 18.4 Å². The molecule has 5 nitrogen and oxygen atoms in total.